The van der Waals surface area contributed by atoms with Crippen LogP contribution in [0.2, 0.25) is 0 Å². The van der Waals surface area contributed by atoms with E-state index in [2.05, 4.69) is 27.7 Å². The van der Waals surface area contributed by atoms with E-state index in [1.807, 2.05) is 27.7 Å². The Kier molecular flexibility index (Phi) is 44.4. The second-order valence-corrected chi connectivity index (χ2v) is 10.3. The molecule has 0 bridgehead atoms. The van der Waals surface area contributed by atoms with Crippen molar-refractivity contribution in [3.05, 3.63) is 0 Å². The van der Waals surface area contributed by atoms with Crippen LogP contribution in [0.5, 0.6) is 0 Å². The average Bonchev–Trinajstić information content (AvgIpc) is 2.91. The molecule has 0 rings (SSSR count). The van der Waals surface area contributed by atoms with Gasteiger partial charge in [-0.25, -0.2) is 0 Å². The first-order valence-corrected chi connectivity index (χ1v) is 15.7. The molecule has 4 unspecified atom stereocenters. The number of carbonyl (C=O) groups is 4. The normalized spacial score (nSPS) is 12.7. The van der Waals surface area contributed by atoms with Crippen LogP contribution >= 0.6 is 0 Å². The Morgan fingerprint density at radius 2 is 0.659 bits per heavy atom. The fourth-order valence-corrected chi connectivity index (χ4v) is 3.77. The molecule has 0 aromatic carbocycles. The van der Waals surface area contributed by atoms with Crippen LogP contribution < -0.4 is 15.3 Å². The van der Waals surface area contributed by atoms with Crippen LogP contribution in [0.3, 0.4) is 0 Å². The third kappa shape index (κ3) is 34.9. The second kappa shape index (κ2) is 36.8. The molecule has 0 amide bonds. The zero-order valence-corrected chi connectivity index (χ0v) is 30.9. The molecule has 0 aliphatic heterocycles. The van der Waals surface area contributed by atoms with Crippen LogP contribution in [-0.2, 0) is 19.2 Å². The summed E-state index contributed by atoms with van der Waals surface area (Å²) < 4.78 is 0. The molecule has 0 aliphatic carbocycles. The molecule has 0 saturated heterocycles. The van der Waals surface area contributed by atoms with E-state index in [1.54, 1.807) is 0 Å². The van der Waals surface area contributed by atoms with E-state index in [-0.39, 0.29) is 49.9 Å². The number of hydrogen-bond donors (Lipinski definition) is 1. The molecule has 0 aromatic rings. The SMILES string of the molecule is CCCCC(CC)C(=O)O.CCCCC(CC)C(=O)[O-].CCCCC(CC)C(=O)[O-].CCCCC(CC)C(=O)[O-].[Bi+3]. The van der Waals surface area contributed by atoms with Crippen molar-refractivity contribution in [1.82, 2.24) is 0 Å². The molecule has 0 heterocycles. The summed E-state index contributed by atoms with van der Waals surface area (Å²) >= 11 is 0. The zero-order chi connectivity index (χ0) is 31.9. The Morgan fingerprint density at radius 3 is 0.780 bits per heavy atom. The van der Waals surface area contributed by atoms with Crippen LogP contribution in [0.25, 0.3) is 0 Å². The van der Waals surface area contributed by atoms with E-state index in [9.17, 15) is 34.5 Å². The Hall–Kier alpha value is -1.24. The second-order valence-electron chi connectivity index (χ2n) is 10.3. The van der Waals surface area contributed by atoms with Gasteiger partial charge in [0.25, 0.3) is 0 Å². The Bertz CT molecular complexity index is 509. The van der Waals surface area contributed by atoms with Gasteiger partial charge in [-0.15, -0.1) is 0 Å². The Balaban J connectivity index is -0.000000139. The Labute approximate surface area is 270 Å². The van der Waals surface area contributed by atoms with E-state index in [0.717, 1.165) is 83.5 Å². The molecule has 1 N–H and O–H groups in total. The molecule has 2 radical (unpaired) electrons. The fraction of sp³-hybridized carbons (Fsp3) is 0.875. The number of rotatable bonds is 20. The van der Waals surface area contributed by atoms with E-state index < -0.39 is 23.9 Å². The average molecular weight is 783 g/mol. The summed E-state index contributed by atoms with van der Waals surface area (Å²) in [5.74, 6) is -4.10. The molecule has 41 heavy (non-hydrogen) atoms. The van der Waals surface area contributed by atoms with Gasteiger partial charge in [-0.3, -0.25) is 4.79 Å². The number of carbonyl (C=O) groups excluding carboxylic acids is 3. The van der Waals surface area contributed by atoms with Gasteiger partial charge < -0.3 is 34.8 Å². The van der Waals surface area contributed by atoms with Gasteiger partial charge in [0.1, 0.15) is 0 Å². The van der Waals surface area contributed by atoms with E-state index in [0.29, 0.717) is 19.3 Å². The van der Waals surface area contributed by atoms with Crippen molar-refractivity contribution < 1.29 is 39.6 Å². The van der Waals surface area contributed by atoms with Crippen molar-refractivity contribution in [2.24, 2.45) is 23.7 Å². The third-order valence-corrected chi connectivity index (χ3v) is 6.94. The van der Waals surface area contributed by atoms with Gasteiger partial charge in [0.05, 0.1) is 5.92 Å². The standard InChI is InChI=1S/4C8H16O2.Bi/c4*1-3-5-6-7(4-2)8(9)10;/h4*7H,3-6H2,1-2H3,(H,9,10);/q;;;;+3/p-3. The largest absolute Gasteiger partial charge is 3.00 e. The van der Waals surface area contributed by atoms with Crippen molar-refractivity contribution in [2.45, 2.75) is 158 Å². The fourth-order valence-electron chi connectivity index (χ4n) is 3.77. The van der Waals surface area contributed by atoms with E-state index >= 15 is 0 Å². The molecular formula is C32H61BiO8. The molecule has 242 valence electrons. The van der Waals surface area contributed by atoms with Crippen molar-refractivity contribution in [3.63, 3.8) is 0 Å². The summed E-state index contributed by atoms with van der Waals surface area (Å²) in [5.41, 5.74) is 0. The summed E-state index contributed by atoms with van der Waals surface area (Å²) in [7, 11) is 0. The number of hydrogen-bond acceptors (Lipinski definition) is 7. The first kappa shape index (κ1) is 49.4. The van der Waals surface area contributed by atoms with Gasteiger partial charge in [0.15, 0.2) is 0 Å². The van der Waals surface area contributed by atoms with E-state index in [1.165, 1.54) is 0 Å². The number of carboxylic acids is 4. The molecular weight excluding hydrogens is 721 g/mol. The van der Waals surface area contributed by atoms with Gasteiger partial charge in [0, 0.05) is 17.9 Å². The van der Waals surface area contributed by atoms with Gasteiger partial charge >= 0.3 is 32.2 Å². The summed E-state index contributed by atoms with van der Waals surface area (Å²) in [5, 5.41) is 39.6. The molecule has 4 atom stereocenters. The molecule has 0 aliphatic rings. The molecule has 8 nitrogen and oxygen atoms in total. The number of carboxylic acid groups (broad SMARTS) is 4. The first-order valence-electron chi connectivity index (χ1n) is 15.7. The van der Waals surface area contributed by atoms with Gasteiger partial charge in [-0.2, -0.15) is 0 Å². The third-order valence-electron chi connectivity index (χ3n) is 6.94. The molecule has 0 saturated carbocycles. The monoisotopic (exact) mass is 782 g/mol. The van der Waals surface area contributed by atoms with Crippen molar-refractivity contribution in [1.29, 1.82) is 0 Å². The van der Waals surface area contributed by atoms with Gasteiger partial charge in [0.2, 0.25) is 0 Å². The van der Waals surface area contributed by atoms with E-state index in [4.69, 9.17) is 5.11 Å². The van der Waals surface area contributed by atoms with Crippen LogP contribution in [0.1, 0.15) is 158 Å². The molecule has 0 fully saturated rings. The maximum Gasteiger partial charge on any atom is 3.00 e. The summed E-state index contributed by atoms with van der Waals surface area (Å²) in [4.78, 5) is 41.4. The maximum atomic E-state index is 10.4. The predicted molar refractivity (Wildman–Crippen MR) is 162 cm³/mol. The molecule has 0 spiro atoms. The topological polar surface area (TPSA) is 158 Å². The number of aliphatic carboxylic acids is 4. The minimum absolute atomic E-state index is 0. The van der Waals surface area contributed by atoms with Crippen LogP contribution in [0.15, 0.2) is 0 Å². The van der Waals surface area contributed by atoms with Gasteiger partial charge in [-0.05, 0) is 69.1 Å². The molecule has 9 heteroatoms. The van der Waals surface area contributed by atoms with Crippen molar-refractivity contribution in [2.75, 3.05) is 0 Å². The molecule has 0 aromatic heterocycles. The van der Waals surface area contributed by atoms with Gasteiger partial charge in [-0.1, -0.05) is 107 Å². The van der Waals surface area contributed by atoms with Crippen LogP contribution in [0, 0.1) is 23.7 Å². The summed E-state index contributed by atoms with van der Waals surface area (Å²) in [6.45, 7) is 15.8. The van der Waals surface area contributed by atoms with Crippen molar-refractivity contribution in [3.8, 4) is 0 Å². The first-order chi connectivity index (χ1) is 18.9. The van der Waals surface area contributed by atoms with Crippen molar-refractivity contribution >= 4 is 50.1 Å². The predicted octanol–water partition coefficient (Wildman–Crippen LogP) is 4.76. The van der Waals surface area contributed by atoms with Crippen LogP contribution in [0.4, 0.5) is 0 Å². The Morgan fingerprint density at radius 1 is 0.463 bits per heavy atom. The maximum absolute atomic E-state index is 10.4. The quantitative estimate of drug-likeness (QED) is 0.173. The zero-order valence-electron chi connectivity index (χ0n) is 27.4. The minimum Gasteiger partial charge on any atom is -0.550 e. The minimum atomic E-state index is -0.893. The smallest absolute Gasteiger partial charge is 0.550 e. The number of unbranched alkanes of at least 4 members (excludes halogenated alkanes) is 4. The summed E-state index contributed by atoms with van der Waals surface area (Å²) in [6, 6.07) is 0. The summed E-state index contributed by atoms with van der Waals surface area (Å²) in [6.07, 6.45) is 14.3. The van der Waals surface area contributed by atoms with Crippen LogP contribution in [-0.4, -0.2) is 55.2 Å².